The highest BCUT2D eigenvalue weighted by Gasteiger charge is 2.10. The van der Waals surface area contributed by atoms with Crippen LogP contribution in [0.1, 0.15) is 21.5 Å². The summed E-state index contributed by atoms with van der Waals surface area (Å²) in [5.41, 5.74) is 1.28. The van der Waals surface area contributed by atoms with E-state index in [2.05, 4.69) is 15.9 Å². The van der Waals surface area contributed by atoms with Crippen molar-refractivity contribution in [2.24, 2.45) is 0 Å². The molecule has 0 heterocycles. The molecule has 0 radical (unpaired) electrons. The van der Waals surface area contributed by atoms with Gasteiger partial charge in [-0.1, -0.05) is 34.1 Å². The molecular formula is C15H12BrFO3. The van der Waals surface area contributed by atoms with Crippen molar-refractivity contribution in [3.63, 3.8) is 0 Å². The number of rotatable bonds is 5. The Kier molecular flexibility index (Phi) is 4.87. The van der Waals surface area contributed by atoms with Gasteiger partial charge in [0.25, 0.3) is 0 Å². The summed E-state index contributed by atoms with van der Waals surface area (Å²) in [4.78, 5) is 10.7. The number of ether oxygens (including phenoxy) is 1. The van der Waals surface area contributed by atoms with Gasteiger partial charge in [0, 0.05) is 4.47 Å². The van der Waals surface area contributed by atoms with Gasteiger partial charge < -0.3 is 9.84 Å². The highest BCUT2D eigenvalue weighted by molar-refractivity contribution is 9.10. The van der Waals surface area contributed by atoms with Crippen molar-refractivity contribution in [2.45, 2.75) is 13.2 Å². The van der Waals surface area contributed by atoms with E-state index in [4.69, 9.17) is 9.84 Å². The Morgan fingerprint density at radius 3 is 2.30 bits per heavy atom. The highest BCUT2D eigenvalue weighted by Crippen LogP contribution is 2.14. The van der Waals surface area contributed by atoms with Crippen molar-refractivity contribution < 1.29 is 19.0 Å². The number of carboxylic acid groups (broad SMARTS) is 1. The lowest BCUT2D eigenvalue weighted by molar-refractivity contribution is 0.0691. The maximum Gasteiger partial charge on any atom is 0.338 e. The summed E-state index contributed by atoms with van der Waals surface area (Å²) in [6, 6.07) is 11.7. The fourth-order valence-electron chi connectivity index (χ4n) is 1.69. The Labute approximate surface area is 124 Å². The maximum atomic E-state index is 13.5. The first-order chi connectivity index (χ1) is 9.56. The molecule has 3 nitrogen and oxygen atoms in total. The van der Waals surface area contributed by atoms with Gasteiger partial charge in [-0.15, -0.1) is 0 Å². The maximum absolute atomic E-state index is 13.5. The van der Waals surface area contributed by atoms with Gasteiger partial charge in [-0.3, -0.25) is 0 Å². The van der Waals surface area contributed by atoms with Crippen molar-refractivity contribution in [1.82, 2.24) is 0 Å². The van der Waals surface area contributed by atoms with Crippen LogP contribution in [0.2, 0.25) is 0 Å². The monoisotopic (exact) mass is 338 g/mol. The summed E-state index contributed by atoms with van der Waals surface area (Å²) in [7, 11) is 0. The van der Waals surface area contributed by atoms with Gasteiger partial charge in [0.05, 0.1) is 18.8 Å². The lowest BCUT2D eigenvalue weighted by Gasteiger charge is -2.06. The molecule has 2 aromatic rings. The van der Waals surface area contributed by atoms with E-state index < -0.39 is 11.8 Å². The minimum Gasteiger partial charge on any atom is -0.478 e. The first kappa shape index (κ1) is 14.7. The van der Waals surface area contributed by atoms with Crippen LogP contribution in [0.15, 0.2) is 46.9 Å². The molecule has 0 amide bonds. The van der Waals surface area contributed by atoms with E-state index in [-0.39, 0.29) is 12.2 Å². The average molecular weight is 339 g/mol. The van der Waals surface area contributed by atoms with Crippen molar-refractivity contribution in [3.8, 4) is 0 Å². The fraction of sp³-hybridized carbons (Fsp3) is 0.133. The molecule has 2 rings (SSSR count). The summed E-state index contributed by atoms with van der Waals surface area (Å²) in [5, 5.41) is 8.73. The number of halogens is 2. The van der Waals surface area contributed by atoms with Gasteiger partial charge in [-0.2, -0.15) is 0 Å². The molecule has 0 saturated carbocycles. The smallest absolute Gasteiger partial charge is 0.338 e. The van der Waals surface area contributed by atoms with Gasteiger partial charge in [0.15, 0.2) is 0 Å². The van der Waals surface area contributed by atoms with Crippen LogP contribution in [0, 0.1) is 5.82 Å². The van der Waals surface area contributed by atoms with E-state index in [9.17, 15) is 9.18 Å². The van der Waals surface area contributed by atoms with E-state index in [1.807, 2.05) is 24.3 Å². The first-order valence-electron chi connectivity index (χ1n) is 5.90. The Balaban J connectivity index is 1.92. The number of carbonyl (C=O) groups is 1. The van der Waals surface area contributed by atoms with E-state index in [1.165, 1.54) is 12.1 Å². The van der Waals surface area contributed by atoms with Crippen LogP contribution in [-0.4, -0.2) is 11.1 Å². The molecule has 2 aromatic carbocycles. The normalized spacial score (nSPS) is 10.5. The van der Waals surface area contributed by atoms with Crippen molar-refractivity contribution in [2.75, 3.05) is 0 Å². The summed E-state index contributed by atoms with van der Waals surface area (Å²) in [5.74, 6) is -2.02. The highest BCUT2D eigenvalue weighted by atomic mass is 79.9. The van der Waals surface area contributed by atoms with Crippen LogP contribution in [0.3, 0.4) is 0 Å². The Morgan fingerprint density at radius 1 is 1.10 bits per heavy atom. The Morgan fingerprint density at radius 2 is 1.70 bits per heavy atom. The van der Waals surface area contributed by atoms with Gasteiger partial charge in [-0.05, 0) is 35.4 Å². The topological polar surface area (TPSA) is 46.5 Å². The molecule has 0 aliphatic carbocycles. The standard InChI is InChI=1S/C15H12BrFO3/c16-12-4-1-10(2-5-12)8-20-9-11-3-6-13(15(18)19)14(17)7-11/h1-7H,8-9H2,(H,18,19). The van der Waals surface area contributed by atoms with Gasteiger partial charge in [0.2, 0.25) is 0 Å². The number of aromatic carboxylic acids is 1. The molecule has 0 aliphatic heterocycles. The molecule has 0 aromatic heterocycles. The second-order valence-electron chi connectivity index (χ2n) is 4.24. The third-order valence-electron chi connectivity index (χ3n) is 2.71. The first-order valence-corrected chi connectivity index (χ1v) is 6.69. The summed E-state index contributed by atoms with van der Waals surface area (Å²) >= 11 is 3.35. The second-order valence-corrected chi connectivity index (χ2v) is 5.15. The number of hydrogen-bond acceptors (Lipinski definition) is 2. The molecule has 0 atom stereocenters. The Hall–Kier alpha value is -1.72. The SMILES string of the molecule is O=C(O)c1ccc(COCc2ccc(Br)cc2)cc1F. The molecule has 104 valence electrons. The van der Waals surface area contributed by atoms with Crippen LogP contribution in [0.4, 0.5) is 4.39 Å². The molecule has 20 heavy (non-hydrogen) atoms. The van der Waals surface area contributed by atoms with E-state index >= 15 is 0 Å². The second kappa shape index (κ2) is 6.63. The molecule has 0 fully saturated rings. The molecule has 0 bridgehead atoms. The Bertz CT molecular complexity index is 611. The van der Waals surface area contributed by atoms with Gasteiger partial charge in [0.1, 0.15) is 5.82 Å². The molecule has 0 saturated heterocycles. The fourth-order valence-corrected chi connectivity index (χ4v) is 1.95. The van der Waals surface area contributed by atoms with E-state index in [0.29, 0.717) is 12.2 Å². The van der Waals surface area contributed by atoms with Gasteiger partial charge in [-0.25, -0.2) is 9.18 Å². The molecule has 0 aliphatic rings. The zero-order chi connectivity index (χ0) is 14.5. The quantitative estimate of drug-likeness (QED) is 0.896. The third-order valence-corrected chi connectivity index (χ3v) is 3.24. The summed E-state index contributed by atoms with van der Waals surface area (Å²) < 4.78 is 19.9. The zero-order valence-corrected chi connectivity index (χ0v) is 12.1. The minimum atomic E-state index is -1.27. The zero-order valence-electron chi connectivity index (χ0n) is 10.5. The van der Waals surface area contributed by atoms with Gasteiger partial charge >= 0.3 is 5.97 Å². The van der Waals surface area contributed by atoms with Crippen LogP contribution in [0.25, 0.3) is 0 Å². The third kappa shape index (κ3) is 3.88. The van der Waals surface area contributed by atoms with Crippen molar-refractivity contribution >= 4 is 21.9 Å². The predicted molar refractivity (Wildman–Crippen MR) is 76.0 cm³/mol. The molecular weight excluding hydrogens is 327 g/mol. The van der Waals surface area contributed by atoms with E-state index in [1.54, 1.807) is 6.07 Å². The molecule has 1 N–H and O–H groups in total. The molecule has 0 spiro atoms. The lowest BCUT2D eigenvalue weighted by atomic mass is 10.1. The van der Waals surface area contributed by atoms with E-state index in [0.717, 1.165) is 10.0 Å². The summed E-state index contributed by atoms with van der Waals surface area (Å²) in [6.07, 6.45) is 0. The number of carboxylic acids is 1. The van der Waals surface area contributed by atoms with Crippen LogP contribution in [-0.2, 0) is 18.0 Å². The summed E-state index contributed by atoms with van der Waals surface area (Å²) in [6.45, 7) is 0.641. The number of hydrogen-bond donors (Lipinski definition) is 1. The average Bonchev–Trinajstić information content (AvgIpc) is 2.41. The minimum absolute atomic E-state index is 0.229. The van der Waals surface area contributed by atoms with Crippen molar-refractivity contribution in [3.05, 3.63) is 69.4 Å². The van der Waals surface area contributed by atoms with Crippen LogP contribution >= 0.6 is 15.9 Å². The lowest BCUT2D eigenvalue weighted by Crippen LogP contribution is -2.02. The molecule has 0 unspecified atom stereocenters. The predicted octanol–water partition coefficient (Wildman–Crippen LogP) is 4.00. The number of benzene rings is 2. The van der Waals surface area contributed by atoms with Crippen LogP contribution in [0.5, 0.6) is 0 Å². The molecule has 5 heteroatoms. The van der Waals surface area contributed by atoms with Crippen molar-refractivity contribution in [1.29, 1.82) is 0 Å². The largest absolute Gasteiger partial charge is 0.478 e. The van der Waals surface area contributed by atoms with Crippen LogP contribution < -0.4 is 0 Å².